The molecule has 0 bridgehead atoms. The lowest BCUT2D eigenvalue weighted by atomic mass is 9.77. The highest BCUT2D eigenvalue weighted by Crippen LogP contribution is 2.46. The highest BCUT2D eigenvalue weighted by atomic mass is 35.5. The Morgan fingerprint density at radius 1 is 1.37 bits per heavy atom. The topological polar surface area (TPSA) is 91.4 Å². The van der Waals surface area contributed by atoms with Crippen molar-refractivity contribution in [1.82, 2.24) is 10.3 Å². The van der Waals surface area contributed by atoms with Crippen molar-refractivity contribution in [3.63, 3.8) is 0 Å². The number of halogens is 2. The Balaban J connectivity index is 1.59. The normalized spacial score (nSPS) is 26.1. The number of fused-ring (bicyclic) bond motifs is 2. The van der Waals surface area contributed by atoms with E-state index in [0.717, 1.165) is 4.70 Å². The standard InChI is InChI=1S/C21H22Cl2N2O4S/c1-29-7-6-12(21(27)28)16-11-5-3-2-4-10(11)8-13(16)25-20(26)14-9-15-18(24-14)17(22)19(23)30-15/h2-5,9-13,16,24H,6-8H2,1H3,(H,25,26)(H,27,28)/t10?,11?,12?,13-,16+/m1/s1. The van der Waals surface area contributed by atoms with Gasteiger partial charge in [-0.3, -0.25) is 9.59 Å². The lowest BCUT2D eigenvalue weighted by Gasteiger charge is -2.30. The molecule has 3 N–H and O–H groups in total. The number of thiophene rings is 1. The van der Waals surface area contributed by atoms with Crippen molar-refractivity contribution >= 4 is 56.6 Å². The molecule has 4 rings (SSSR count). The lowest BCUT2D eigenvalue weighted by molar-refractivity contribution is -0.145. The summed E-state index contributed by atoms with van der Waals surface area (Å²) in [6, 6.07) is 1.46. The van der Waals surface area contributed by atoms with Gasteiger partial charge in [0.25, 0.3) is 5.91 Å². The number of methoxy groups -OCH3 is 1. The largest absolute Gasteiger partial charge is 0.481 e. The summed E-state index contributed by atoms with van der Waals surface area (Å²) in [7, 11) is 1.56. The first-order valence-electron chi connectivity index (χ1n) is 9.74. The van der Waals surface area contributed by atoms with Gasteiger partial charge in [0.15, 0.2) is 0 Å². The molecule has 2 aromatic heterocycles. The Bertz CT molecular complexity index is 1030. The number of ether oxygens (including phenoxy) is 1. The smallest absolute Gasteiger partial charge is 0.306 e. The van der Waals surface area contributed by atoms with Crippen molar-refractivity contribution in [2.45, 2.75) is 18.9 Å². The van der Waals surface area contributed by atoms with Crippen LogP contribution in [0.15, 0.2) is 30.4 Å². The van der Waals surface area contributed by atoms with Gasteiger partial charge in [0.2, 0.25) is 0 Å². The van der Waals surface area contributed by atoms with E-state index in [1.807, 2.05) is 12.2 Å². The second-order valence-electron chi connectivity index (χ2n) is 7.74. The van der Waals surface area contributed by atoms with Crippen LogP contribution in [0.5, 0.6) is 0 Å². The number of nitrogens with one attached hydrogen (secondary N) is 2. The summed E-state index contributed by atoms with van der Waals surface area (Å²) >= 11 is 13.5. The Kier molecular flexibility index (Phi) is 6.25. The van der Waals surface area contributed by atoms with Crippen LogP contribution < -0.4 is 5.32 Å². The highest BCUT2D eigenvalue weighted by molar-refractivity contribution is 7.23. The molecule has 160 valence electrons. The average molecular weight is 469 g/mol. The first-order chi connectivity index (χ1) is 14.4. The molecule has 1 saturated carbocycles. The van der Waals surface area contributed by atoms with Crippen molar-refractivity contribution < 1.29 is 19.4 Å². The Morgan fingerprint density at radius 3 is 2.83 bits per heavy atom. The van der Waals surface area contributed by atoms with Crippen molar-refractivity contribution in [2.75, 3.05) is 13.7 Å². The number of carbonyl (C=O) groups is 2. The molecule has 6 nitrogen and oxygen atoms in total. The van der Waals surface area contributed by atoms with Crippen molar-refractivity contribution in [2.24, 2.45) is 23.7 Å². The van der Waals surface area contributed by atoms with Crippen LogP contribution in [0.2, 0.25) is 9.36 Å². The summed E-state index contributed by atoms with van der Waals surface area (Å²) in [5, 5.41) is 13.4. The molecule has 0 spiro atoms. The summed E-state index contributed by atoms with van der Waals surface area (Å²) < 4.78 is 6.42. The van der Waals surface area contributed by atoms with Crippen LogP contribution >= 0.6 is 34.5 Å². The number of hydrogen-bond acceptors (Lipinski definition) is 4. The first kappa shape index (κ1) is 21.4. The Morgan fingerprint density at radius 2 is 2.13 bits per heavy atom. The maximum Gasteiger partial charge on any atom is 0.306 e. The van der Waals surface area contributed by atoms with Gasteiger partial charge in [-0.05, 0) is 36.7 Å². The van der Waals surface area contributed by atoms with Crippen molar-refractivity contribution in [1.29, 1.82) is 0 Å². The highest BCUT2D eigenvalue weighted by Gasteiger charge is 2.48. The van der Waals surface area contributed by atoms with Crippen molar-refractivity contribution in [3.8, 4) is 0 Å². The van der Waals surface area contributed by atoms with Gasteiger partial charge in [0.1, 0.15) is 10.0 Å². The van der Waals surface area contributed by atoms with Crippen LogP contribution in [0.1, 0.15) is 23.3 Å². The summed E-state index contributed by atoms with van der Waals surface area (Å²) in [6.07, 6.45) is 9.20. The minimum absolute atomic E-state index is 0.0682. The molecule has 9 heteroatoms. The van der Waals surface area contributed by atoms with Crippen LogP contribution in [-0.4, -0.2) is 41.7 Å². The lowest BCUT2D eigenvalue weighted by Crippen LogP contribution is -2.43. The Hall–Kier alpha value is -1.80. The second-order valence-corrected chi connectivity index (χ2v) is 9.77. The molecule has 30 heavy (non-hydrogen) atoms. The van der Waals surface area contributed by atoms with Crippen LogP contribution in [-0.2, 0) is 9.53 Å². The molecular formula is C21H22Cl2N2O4S. The molecule has 2 aliphatic carbocycles. The van der Waals surface area contributed by atoms with E-state index < -0.39 is 11.9 Å². The van der Waals surface area contributed by atoms with E-state index in [9.17, 15) is 14.7 Å². The predicted octanol–water partition coefficient (Wildman–Crippen LogP) is 4.75. The number of aromatic amines is 1. The predicted molar refractivity (Wildman–Crippen MR) is 118 cm³/mol. The third-order valence-electron chi connectivity index (χ3n) is 6.08. The summed E-state index contributed by atoms with van der Waals surface area (Å²) in [6.45, 7) is 0.358. The molecule has 0 aromatic carbocycles. The summed E-state index contributed by atoms with van der Waals surface area (Å²) in [5.74, 6) is -1.69. The zero-order valence-corrected chi connectivity index (χ0v) is 18.6. The molecule has 0 radical (unpaired) electrons. The first-order valence-corrected chi connectivity index (χ1v) is 11.3. The molecule has 2 heterocycles. The Labute approximate surface area is 187 Å². The molecule has 0 aliphatic heterocycles. The quantitative estimate of drug-likeness (QED) is 0.546. The number of rotatable bonds is 7. The molecule has 1 amide bonds. The van der Waals surface area contributed by atoms with Crippen LogP contribution in [0.25, 0.3) is 10.2 Å². The third-order valence-corrected chi connectivity index (χ3v) is 8.01. The number of carboxylic acid groups (broad SMARTS) is 1. The monoisotopic (exact) mass is 468 g/mol. The number of aliphatic carboxylic acids is 1. The van der Waals surface area contributed by atoms with Gasteiger partial charge < -0.3 is 20.1 Å². The second kappa shape index (κ2) is 8.75. The van der Waals surface area contributed by atoms with Gasteiger partial charge in [-0.25, -0.2) is 0 Å². The summed E-state index contributed by atoms with van der Waals surface area (Å²) in [4.78, 5) is 28.1. The number of aromatic nitrogens is 1. The van der Waals surface area contributed by atoms with E-state index >= 15 is 0 Å². The fourth-order valence-electron chi connectivity index (χ4n) is 4.75. The van der Waals surface area contributed by atoms with E-state index in [0.29, 0.717) is 40.0 Å². The van der Waals surface area contributed by atoms with E-state index in [2.05, 4.69) is 22.5 Å². The molecule has 2 aromatic rings. The number of hydrogen-bond donors (Lipinski definition) is 3. The van der Waals surface area contributed by atoms with Gasteiger partial charge in [0, 0.05) is 19.8 Å². The minimum atomic E-state index is -0.860. The van der Waals surface area contributed by atoms with Gasteiger partial charge in [0.05, 0.1) is 21.2 Å². The van der Waals surface area contributed by atoms with Gasteiger partial charge in [-0.2, -0.15) is 0 Å². The van der Waals surface area contributed by atoms with E-state index in [-0.39, 0.29) is 29.7 Å². The molecular weight excluding hydrogens is 447 g/mol. The number of carboxylic acids is 1. The number of amides is 1. The minimum Gasteiger partial charge on any atom is -0.481 e. The van der Waals surface area contributed by atoms with Gasteiger partial charge in [-0.1, -0.05) is 47.5 Å². The van der Waals surface area contributed by atoms with Crippen molar-refractivity contribution in [3.05, 3.63) is 45.4 Å². The van der Waals surface area contributed by atoms with E-state index in [4.69, 9.17) is 27.9 Å². The van der Waals surface area contributed by atoms with E-state index in [1.165, 1.54) is 11.3 Å². The van der Waals surface area contributed by atoms with Crippen LogP contribution in [0, 0.1) is 23.7 Å². The average Bonchev–Trinajstić information content (AvgIpc) is 3.36. The van der Waals surface area contributed by atoms with Gasteiger partial charge in [-0.15, -0.1) is 11.3 Å². The fourth-order valence-corrected chi connectivity index (χ4v) is 6.24. The summed E-state index contributed by atoms with van der Waals surface area (Å²) in [5.41, 5.74) is 1.03. The SMILES string of the molecule is COCCC(C(=O)O)[C@@H]1C2C=CC=CC2C[C@H]1NC(=O)c1cc2sc(Cl)c(Cl)c2[nH]1. The maximum atomic E-state index is 13.0. The van der Waals surface area contributed by atoms with Crippen LogP contribution in [0.4, 0.5) is 0 Å². The maximum absolute atomic E-state index is 13.0. The fraction of sp³-hybridized carbons (Fsp3) is 0.429. The number of carbonyl (C=O) groups excluding carboxylic acids is 1. The molecule has 3 unspecified atom stereocenters. The molecule has 1 fully saturated rings. The number of allylic oxidation sites excluding steroid dienone is 4. The van der Waals surface area contributed by atoms with E-state index in [1.54, 1.807) is 13.2 Å². The third kappa shape index (κ3) is 3.91. The molecule has 0 saturated heterocycles. The zero-order chi connectivity index (χ0) is 21.4. The molecule has 2 aliphatic rings. The number of H-pyrrole nitrogens is 1. The van der Waals surface area contributed by atoms with Gasteiger partial charge >= 0.3 is 5.97 Å². The zero-order valence-electron chi connectivity index (χ0n) is 16.2. The van der Waals surface area contributed by atoms with Crippen LogP contribution in [0.3, 0.4) is 0 Å². The molecule has 5 atom stereocenters.